The Kier molecular flexibility index (Phi) is 10.6. The summed E-state index contributed by atoms with van der Waals surface area (Å²) in [6, 6.07) is -0.270. The summed E-state index contributed by atoms with van der Waals surface area (Å²) in [6.07, 6.45) is 0. The summed E-state index contributed by atoms with van der Waals surface area (Å²) in [7, 11) is -9.84. The lowest BCUT2D eigenvalue weighted by Crippen LogP contribution is -2.46. The minimum atomic E-state index is -4.92. The van der Waals surface area contributed by atoms with Crippen LogP contribution in [0.15, 0.2) is 46.2 Å². The Bertz CT molecular complexity index is 1490. The van der Waals surface area contributed by atoms with Crippen LogP contribution in [0.4, 0.5) is 0 Å². The second-order valence-corrected chi connectivity index (χ2v) is 11.4. The predicted molar refractivity (Wildman–Crippen MR) is 135 cm³/mol. The third-order valence-corrected chi connectivity index (χ3v) is 7.43. The van der Waals surface area contributed by atoms with Gasteiger partial charge in [-0.2, -0.15) is 16.8 Å². The van der Waals surface area contributed by atoms with Gasteiger partial charge in [0.2, 0.25) is 0 Å². The van der Waals surface area contributed by atoms with Gasteiger partial charge < -0.3 is 30.6 Å². The smallest absolute Gasteiger partial charge is 0.325 e. The lowest BCUT2D eigenvalue weighted by atomic mass is 10.0. The predicted octanol–water partition coefficient (Wildman–Crippen LogP) is -0.684. The number of carboxylic acids is 4. The number of carboxylic acid groups (broad SMARTS) is 4. The summed E-state index contributed by atoms with van der Waals surface area (Å²) in [5.41, 5.74) is -1.39. The highest BCUT2D eigenvalue weighted by Gasteiger charge is 2.36. The Hall–Kier alpha value is -4.34. The van der Waals surface area contributed by atoms with Gasteiger partial charge in [-0.15, -0.1) is 0 Å². The van der Waals surface area contributed by atoms with E-state index < -0.39 is 115 Å². The number of phenolic OH excluding ortho intramolecular Hbond substituents is 2. The van der Waals surface area contributed by atoms with Crippen LogP contribution in [-0.4, -0.2) is 116 Å². The molecule has 20 heteroatoms. The summed E-state index contributed by atoms with van der Waals surface area (Å²) >= 11 is 0. The Labute approximate surface area is 236 Å². The van der Waals surface area contributed by atoms with Crippen LogP contribution in [0.5, 0.6) is 11.5 Å². The Morgan fingerprint density at radius 3 is 1.17 bits per heavy atom. The molecule has 0 heterocycles. The molecule has 0 aliphatic rings. The molecule has 0 aliphatic carbocycles. The summed E-state index contributed by atoms with van der Waals surface area (Å²) in [5.74, 6) is -8.63. The van der Waals surface area contributed by atoms with Crippen molar-refractivity contribution in [2.75, 3.05) is 26.2 Å². The van der Waals surface area contributed by atoms with Crippen LogP contribution >= 0.6 is 0 Å². The fraction of sp³-hybridized carbons (Fsp3) is 0.273. The van der Waals surface area contributed by atoms with Crippen LogP contribution in [0.3, 0.4) is 0 Å². The first-order valence-electron chi connectivity index (χ1n) is 11.2. The molecule has 42 heavy (non-hydrogen) atoms. The van der Waals surface area contributed by atoms with Crippen molar-refractivity contribution in [3.05, 3.63) is 47.5 Å². The molecule has 0 bridgehead atoms. The van der Waals surface area contributed by atoms with E-state index in [0.717, 1.165) is 24.3 Å². The number of rotatable bonds is 15. The van der Waals surface area contributed by atoms with Gasteiger partial charge in [-0.05, 0) is 36.4 Å². The van der Waals surface area contributed by atoms with Gasteiger partial charge in [0.05, 0.1) is 22.9 Å². The molecule has 2 aromatic rings. The van der Waals surface area contributed by atoms with Crippen molar-refractivity contribution in [2.45, 2.75) is 21.9 Å². The van der Waals surface area contributed by atoms with Gasteiger partial charge in [-0.25, -0.2) is 0 Å². The first-order chi connectivity index (χ1) is 19.2. The summed E-state index contributed by atoms with van der Waals surface area (Å²) < 4.78 is 64.9. The topological polar surface area (TPSA) is 305 Å². The number of benzene rings is 2. The average Bonchev–Trinajstić information content (AvgIpc) is 2.82. The zero-order chi connectivity index (χ0) is 32.2. The van der Waals surface area contributed by atoms with Gasteiger partial charge in [0.1, 0.15) is 23.6 Å². The van der Waals surface area contributed by atoms with Crippen molar-refractivity contribution < 1.29 is 75.8 Å². The van der Waals surface area contributed by atoms with Crippen molar-refractivity contribution in [3.8, 4) is 11.5 Å². The molecule has 0 radical (unpaired) electrons. The summed E-state index contributed by atoms with van der Waals surface area (Å²) in [4.78, 5) is 47.1. The lowest BCUT2D eigenvalue weighted by molar-refractivity contribution is -0.150. The first-order valence-corrected chi connectivity index (χ1v) is 14.1. The van der Waals surface area contributed by atoms with Crippen LogP contribution in [-0.2, 0) is 39.4 Å². The zero-order valence-corrected chi connectivity index (χ0v) is 22.6. The zero-order valence-electron chi connectivity index (χ0n) is 21.0. The van der Waals surface area contributed by atoms with Crippen LogP contribution < -0.4 is 0 Å². The number of aromatic hydroxyl groups is 2. The normalized spacial score (nSPS) is 13.5. The molecule has 2 aromatic carbocycles. The molecule has 0 spiro atoms. The van der Waals surface area contributed by atoms with Crippen molar-refractivity contribution in [2.24, 2.45) is 0 Å². The fourth-order valence-electron chi connectivity index (χ4n) is 4.00. The Morgan fingerprint density at radius 2 is 0.929 bits per heavy atom. The van der Waals surface area contributed by atoms with Crippen molar-refractivity contribution >= 4 is 44.1 Å². The van der Waals surface area contributed by atoms with Crippen molar-refractivity contribution in [3.63, 3.8) is 0 Å². The maximum atomic E-state index is 12.2. The maximum absolute atomic E-state index is 12.2. The molecule has 18 nitrogen and oxygen atoms in total. The van der Waals surface area contributed by atoms with E-state index in [-0.39, 0.29) is 0 Å². The molecule has 2 rings (SSSR count). The number of carbonyl (C=O) groups is 4. The largest absolute Gasteiger partial charge is 0.508 e. The van der Waals surface area contributed by atoms with Gasteiger partial charge in [-0.1, -0.05) is 0 Å². The molecule has 0 aliphatic heterocycles. The molecule has 0 amide bonds. The number of hydrogen-bond donors (Lipinski definition) is 8. The van der Waals surface area contributed by atoms with E-state index in [1.54, 1.807) is 0 Å². The highest BCUT2D eigenvalue weighted by molar-refractivity contribution is 7.86. The lowest BCUT2D eigenvalue weighted by Gasteiger charge is -2.33. The Balaban J connectivity index is 2.63. The molecule has 230 valence electrons. The minimum absolute atomic E-state index is 0.562. The summed E-state index contributed by atoms with van der Waals surface area (Å²) in [6.45, 7) is -3.83. The number of aliphatic carboxylic acids is 4. The molecule has 0 aromatic heterocycles. The van der Waals surface area contributed by atoms with E-state index in [1.165, 1.54) is 0 Å². The number of nitrogens with zero attached hydrogens (tertiary/aromatic N) is 2. The maximum Gasteiger partial charge on any atom is 0.325 e. The average molecular weight is 637 g/mol. The highest BCUT2D eigenvalue weighted by Crippen LogP contribution is 2.34. The molecule has 0 saturated heterocycles. The SMILES string of the molecule is O=C(O)CN(CCN(CC(=O)O)[C@H](C(=O)O)c1cc(S(=O)(=O)O)ccc1O)C(C(=O)O)c1cc(S(=O)(=O)O)ccc1O. The molecular weight excluding hydrogens is 612 g/mol. The van der Waals surface area contributed by atoms with E-state index in [1.807, 2.05) is 0 Å². The first kappa shape index (κ1) is 33.9. The third kappa shape index (κ3) is 8.58. The molecular formula is C22H24N2O16S2. The van der Waals surface area contributed by atoms with E-state index >= 15 is 0 Å². The molecule has 8 N–H and O–H groups in total. The Morgan fingerprint density at radius 1 is 0.619 bits per heavy atom. The summed E-state index contributed by atoms with van der Waals surface area (Å²) in [5, 5.41) is 59.1. The van der Waals surface area contributed by atoms with E-state index in [9.17, 15) is 75.8 Å². The third-order valence-electron chi connectivity index (χ3n) is 5.73. The van der Waals surface area contributed by atoms with Crippen molar-refractivity contribution in [1.82, 2.24) is 9.80 Å². The van der Waals surface area contributed by atoms with Crippen LogP contribution in [0.1, 0.15) is 23.2 Å². The van der Waals surface area contributed by atoms with E-state index in [4.69, 9.17) is 0 Å². The van der Waals surface area contributed by atoms with Crippen LogP contribution in [0.2, 0.25) is 0 Å². The second kappa shape index (κ2) is 13.1. The number of hydrogen-bond acceptors (Lipinski definition) is 12. The highest BCUT2D eigenvalue weighted by atomic mass is 32.2. The van der Waals surface area contributed by atoms with Gasteiger partial charge in [0.25, 0.3) is 20.2 Å². The second-order valence-electron chi connectivity index (χ2n) is 8.60. The molecule has 0 fully saturated rings. The van der Waals surface area contributed by atoms with E-state index in [0.29, 0.717) is 21.9 Å². The molecule has 1 unspecified atom stereocenters. The number of phenols is 2. The fourth-order valence-corrected chi connectivity index (χ4v) is 5.03. The monoisotopic (exact) mass is 636 g/mol. The van der Waals surface area contributed by atoms with Crippen molar-refractivity contribution in [1.29, 1.82) is 0 Å². The van der Waals surface area contributed by atoms with Gasteiger partial charge in [-0.3, -0.25) is 38.1 Å². The van der Waals surface area contributed by atoms with Crippen LogP contribution in [0, 0.1) is 0 Å². The van der Waals surface area contributed by atoms with Gasteiger partial charge in [0.15, 0.2) is 0 Å². The molecule has 0 saturated carbocycles. The quantitative estimate of drug-likeness (QED) is 0.112. The minimum Gasteiger partial charge on any atom is -0.508 e. The van der Waals surface area contributed by atoms with Gasteiger partial charge >= 0.3 is 23.9 Å². The van der Waals surface area contributed by atoms with Crippen LogP contribution in [0.25, 0.3) is 0 Å². The standard InChI is InChI=1S/C22H24N2O16S2/c25-15-3-1-11(41(35,36)37)7-13(15)19(21(31)32)23(9-17(27)28)5-6-24(10-18(29)30)20(22(33)34)14-8-12(42(38,39)40)2-4-16(14)26/h1-4,7-8,19-20,25-26H,5-6,9-10H2,(H,27,28)(H,29,30)(H,31,32)(H,33,34)(H,35,36,37)(H,38,39,40)/t19-,20?/m0/s1. The molecule has 2 atom stereocenters. The van der Waals surface area contributed by atoms with Gasteiger partial charge in [0, 0.05) is 24.2 Å². The van der Waals surface area contributed by atoms with E-state index in [2.05, 4.69) is 0 Å².